The molecular weight excluding hydrogens is 586 g/mol. The van der Waals surface area contributed by atoms with E-state index in [1.807, 2.05) is 91.6 Å². The second-order valence-corrected chi connectivity index (χ2v) is 10.6. The first-order chi connectivity index (χ1) is 20.0. The van der Waals surface area contributed by atoms with Crippen molar-refractivity contribution in [2.75, 3.05) is 45.6 Å². The summed E-state index contributed by atoms with van der Waals surface area (Å²) in [4.78, 5) is 21.7. The van der Waals surface area contributed by atoms with E-state index < -0.39 is 0 Å². The Morgan fingerprint density at radius 2 is 1.57 bits per heavy atom. The summed E-state index contributed by atoms with van der Waals surface area (Å²) >= 11 is 6.12. The van der Waals surface area contributed by atoms with E-state index in [2.05, 4.69) is 53.9 Å². The van der Waals surface area contributed by atoms with Crippen LogP contribution >= 0.6 is 11.6 Å². The quantitative estimate of drug-likeness (QED) is 0.196. The van der Waals surface area contributed by atoms with Crippen molar-refractivity contribution in [3.05, 3.63) is 135 Å². The molecule has 2 aliphatic carbocycles. The number of hydrogen-bond donors (Lipinski definition) is 2. The topological polar surface area (TPSA) is 60.5 Å². The largest absolute Gasteiger partial charge is 2.00 e. The molecule has 2 amide bonds. The van der Waals surface area contributed by atoms with Gasteiger partial charge >= 0.3 is 23.1 Å². The van der Waals surface area contributed by atoms with Crippen LogP contribution in [0.5, 0.6) is 0 Å². The number of anilines is 1. The van der Waals surface area contributed by atoms with E-state index in [4.69, 9.17) is 11.6 Å². The summed E-state index contributed by atoms with van der Waals surface area (Å²) in [5.41, 5.74) is 2.96. The first-order valence-corrected chi connectivity index (χ1v) is 14.3. The maximum Gasteiger partial charge on any atom is 2.00 e. The van der Waals surface area contributed by atoms with Crippen LogP contribution in [0.1, 0.15) is 12.0 Å². The first kappa shape index (κ1) is 34.2. The molecule has 2 aliphatic rings. The number of carbonyl (C=O) groups is 1. The molecule has 10 radical (unpaired) electrons. The Kier molecular flexibility index (Phi) is 15.0. The third-order valence-electron chi connectivity index (χ3n) is 6.61. The molecule has 0 aliphatic heterocycles. The number of fused-ring (bicyclic) bond motifs is 1. The standard InChI is InChI=1S/C29H33ClN5O.C5H5.Fe/c1-34(2)20-23-10-6-11-24(23)21-35(29(36)33-19-22-8-4-3-5-9-22)17-7-15-31-27-14-16-32-28-18-25(30)12-13-26(27)28;1-2-4-5-3-1;/h3-6,8-14,16,18H,7,15,17,19-21H2,1-2H3,(H,31,32)(H,33,36);1-5H;/q;;+2. The van der Waals surface area contributed by atoms with E-state index in [1.165, 1.54) is 11.8 Å². The number of rotatable bonds is 11. The number of nitrogens with zero attached hydrogens (tertiary/aromatic N) is 3. The van der Waals surface area contributed by atoms with Crippen LogP contribution in [0.15, 0.2) is 60.8 Å². The number of benzene rings is 2. The minimum absolute atomic E-state index is 0. The first-order valence-electron chi connectivity index (χ1n) is 13.9. The van der Waals surface area contributed by atoms with Crippen LogP contribution in [-0.4, -0.2) is 61.1 Å². The molecule has 1 heterocycles. The van der Waals surface area contributed by atoms with Gasteiger partial charge in [0.2, 0.25) is 0 Å². The van der Waals surface area contributed by atoms with Crippen LogP contribution in [-0.2, 0) is 23.6 Å². The third-order valence-corrected chi connectivity index (χ3v) is 6.84. The zero-order valence-corrected chi connectivity index (χ0v) is 26.0. The number of halogens is 1. The molecule has 0 atom stereocenters. The minimum Gasteiger partial charge on any atom is -0.384 e. The number of nitrogens with one attached hydrogen (secondary N) is 2. The predicted molar refractivity (Wildman–Crippen MR) is 170 cm³/mol. The van der Waals surface area contributed by atoms with Crippen LogP contribution in [0.25, 0.3) is 10.9 Å². The average Bonchev–Trinajstić information content (AvgIpc) is 3.69. The molecule has 218 valence electrons. The van der Waals surface area contributed by atoms with E-state index in [0.717, 1.165) is 41.7 Å². The van der Waals surface area contributed by atoms with Crippen molar-refractivity contribution in [3.63, 3.8) is 0 Å². The summed E-state index contributed by atoms with van der Waals surface area (Å²) in [5, 5.41) is 8.31. The average molecular weight is 624 g/mol. The van der Waals surface area contributed by atoms with Crippen molar-refractivity contribution in [3.8, 4) is 0 Å². The summed E-state index contributed by atoms with van der Waals surface area (Å²) in [6.07, 6.45) is 18.9. The van der Waals surface area contributed by atoms with E-state index in [9.17, 15) is 4.79 Å². The van der Waals surface area contributed by atoms with Crippen LogP contribution in [0.2, 0.25) is 5.02 Å². The molecule has 2 N–H and O–H groups in total. The van der Waals surface area contributed by atoms with E-state index >= 15 is 0 Å². The van der Waals surface area contributed by atoms with Crippen LogP contribution in [0, 0.1) is 63.2 Å². The van der Waals surface area contributed by atoms with Crippen molar-refractivity contribution in [2.24, 2.45) is 0 Å². The van der Waals surface area contributed by atoms with Gasteiger partial charge in [-0.05, 0) is 102 Å². The number of pyridine rings is 1. The molecule has 42 heavy (non-hydrogen) atoms. The monoisotopic (exact) mass is 623 g/mol. The number of carbonyl (C=O) groups excluding carboxylic acids is 1. The van der Waals surface area contributed by atoms with E-state index in [0.29, 0.717) is 24.7 Å². The predicted octanol–water partition coefficient (Wildman–Crippen LogP) is 6.26. The number of hydrogen-bond acceptors (Lipinski definition) is 4. The molecule has 2 aromatic carbocycles. The Bertz CT molecular complexity index is 1200. The maximum atomic E-state index is 13.2. The molecule has 2 saturated carbocycles. The van der Waals surface area contributed by atoms with Crippen molar-refractivity contribution in [2.45, 2.75) is 13.0 Å². The Morgan fingerprint density at radius 1 is 0.881 bits per heavy atom. The fraction of sp³-hybridized carbons (Fsp3) is 0.235. The second kappa shape index (κ2) is 18.4. The molecule has 2 fully saturated rings. The van der Waals surface area contributed by atoms with Crippen molar-refractivity contribution < 1.29 is 21.9 Å². The molecule has 1 aromatic heterocycles. The summed E-state index contributed by atoms with van der Waals surface area (Å²) < 4.78 is 0. The SMILES string of the molecule is CN(C)C[C]1[CH][CH][CH][C]1CN(CCCNc1ccnc2cc(Cl)ccc12)C(=O)NCc1ccccc1.[CH]1[CH][CH][CH][CH]1.[Fe+2]. The molecule has 0 bridgehead atoms. The van der Waals surface area contributed by atoms with E-state index in [1.54, 1.807) is 6.20 Å². The fourth-order valence-electron chi connectivity index (χ4n) is 4.58. The summed E-state index contributed by atoms with van der Waals surface area (Å²) in [7, 11) is 4.12. The van der Waals surface area contributed by atoms with Gasteiger partial charge in [0.05, 0.1) is 5.52 Å². The van der Waals surface area contributed by atoms with Crippen molar-refractivity contribution in [1.29, 1.82) is 0 Å². The Labute approximate surface area is 268 Å². The summed E-state index contributed by atoms with van der Waals surface area (Å²) in [5.74, 6) is 2.43. The Morgan fingerprint density at radius 3 is 2.26 bits per heavy atom. The van der Waals surface area contributed by atoms with Crippen molar-refractivity contribution in [1.82, 2.24) is 20.1 Å². The summed E-state index contributed by atoms with van der Waals surface area (Å²) in [6.45, 7) is 3.30. The van der Waals surface area contributed by atoms with Crippen LogP contribution in [0.4, 0.5) is 10.5 Å². The van der Waals surface area contributed by atoms with Gasteiger partial charge in [0.15, 0.2) is 0 Å². The van der Waals surface area contributed by atoms with Crippen LogP contribution in [0.3, 0.4) is 0 Å². The Hall–Kier alpha value is -2.31. The normalized spacial score (nSPS) is 15.2. The van der Waals surface area contributed by atoms with Gasteiger partial charge < -0.3 is 20.4 Å². The van der Waals surface area contributed by atoms with Crippen LogP contribution < -0.4 is 10.6 Å². The van der Waals surface area contributed by atoms with Gasteiger partial charge in [-0.3, -0.25) is 4.98 Å². The molecule has 0 spiro atoms. The molecule has 6 nitrogen and oxygen atoms in total. The van der Waals surface area contributed by atoms with Gasteiger partial charge in [0.25, 0.3) is 0 Å². The summed E-state index contributed by atoms with van der Waals surface area (Å²) in [6, 6.07) is 17.6. The number of urea groups is 1. The molecule has 3 aromatic rings. The molecule has 5 rings (SSSR count). The maximum absolute atomic E-state index is 13.2. The smallest absolute Gasteiger partial charge is 0.384 e. The van der Waals surface area contributed by atoms with Gasteiger partial charge in [-0.1, -0.05) is 41.9 Å². The molecule has 0 saturated heterocycles. The third kappa shape index (κ3) is 11.1. The Balaban J connectivity index is 0.000000730. The van der Waals surface area contributed by atoms with Crippen molar-refractivity contribution >= 4 is 34.2 Å². The zero-order chi connectivity index (χ0) is 28.9. The fourth-order valence-corrected chi connectivity index (χ4v) is 4.74. The van der Waals surface area contributed by atoms with Gasteiger partial charge in [-0.2, -0.15) is 0 Å². The zero-order valence-electron chi connectivity index (χ0n) is 24.1. The van der Waals surface area contributed by atoms with Gasteiger partial charge in [-0.15, -0.1) is 0 Å². The molecule has 0 unspecified atom stereocenters. The molecular formula is C34H38ClFeN5O+2. The van der Waals surface area contributed by atoms with Gasteiger partial charge in [-0.25, -0.2) is 4.79 Å². The van der Waals surface area contributed by atoms with Gasteiger partial charge in [0, 0.05) is 66.9 Å². The minimum atomic E-state index is -0.0557. The van der Waals surface area contributed by atoms with Gasteiger partial charge in [0.1, 0.15) is 0 Å². The van der Waals surface area contributed by atoms with E-state index in [-0.39, 0.29) is 23.1 Å². The number of amides is 2. The number of aromatic nitrogens is 1. The second-order valence-electron chi connectivity index (χ2n) is 10.1. The molecule has 8 heteroatoms.